The normalized spacial score (nSPS) is 20.6. The minimum absolute atomic E-state index is 0.0790. The van der Waals surface area contributed by atoms with Gasteiger partial charge >= 0.3 is 0 Å². The Bertz CT molecular complexity index is 404. The van der Waals surface area contributed by atoms with Crippen molar-refractivity contribution in [1.29, 1.82) is 0 Å². The molecular formula is C11H10ClF2NO. The quantitative estimate of drug-likeness (QED) is 0.733. The number of carbonyl (C=O) groups excluding carboxylic acids is 1. The van der Waals surface area contributed by atoms with Crippen molar-refractivity contribution in [3.05, 3.63) is 35.4 Å². The van der Waals surface area contributed by atoms with Crippen LogP contribution >= 0.6 is 11.6 Å². The second-order valence-electron chi connectivity index (χ2n) is 3.85. The minimum Gasteiger partial charge on any atom is -0.337 e. The molecular weight excluding hydrogens is 236 g/mol. The van der Waals surface area contributed by atoms with Crippen LogP contribution in [0.25, 0.3) is 0 Å². The van der Waals surface area contributed by atoms with Gasteiger partial charge in [-0.1, -0.05) is 0 Å². The van der Waals surface area contributed by atoms with Crippen LogP contribution in [0.4, 0.5) is 8.78 Å². The number of nitrogens with zero attached hydrogens (tertiary/aromatic N) is 1. The predicted molar refractivity (Wildman–Crippen MR) is 56.0 cm³/mol. The number of halogens is 3. The Kier molecular flexibility index (Phi) is 3.10. The van der Waals surface area contributed by atoms with Crippen LogP contribution in [0.15, 0.2) is 18.2 Å². The van der Waals surface area contributed by atoms with Crippen molar-refractivity contribution < 1.29 is 13.6 Å². The molecule has 0 aliphatic carbocycles. The highest BCUT2D eigenvalue weighted by atomic mass is 35.5. The zero-order valence-corrected chi connectivity index (χ0v) is 9.18. The SMILES string of the molecule is O=C1CC(Cl)CN1Cc1cc(F)cc(F)c1. The smallest absolute Gasteiger partial charge is 0.224 e. The first-order valence-electron chi connectivity index (χ1n) is 4.91. The molecule has 1 amide bonds. The summed E-state index contributed by atoms with van der Waals surface area (Å²) in [6.07, 6.45) is 0.291. The molecule has 1 unspecified atom stereocenters. The lowest BCUT2D eigenvalue weighted by molar-refractivity contribution is -0.128. The van der Waals surface area contributed by atoms with Crippen LogP contribution in [-0.2, 0) is 11.3 Å². The van der Waals surface area contributed by atoms with Crippen LogP contribution in [0, 0.1) is 11.6 Å². The molecule has 0 bridgehead atoms. The molecule has 5 heteroatoms. The number of hydrogen-bond acceptors (Lipinski definition) is 1. The summed E-state index contributed by atoms with van der Waals surface area (Å²) in [5.74, 6) is -1.35. The molecule has 0 N–H and O–H groups in total. The van der Waals surface area contributed by atoms with Crippen molar-refractivity contribution in [3.63, 3.8) is 0 Å². The van der Waals surface area contributed by atoms with Crippen molar-refractivity contribution in [1.82, 2.24) is 4.90 Å². The molecule has 16 heavy (non-hydrogen) atoms. The molecule has 1 aliphatic heterocycles. The number of amides is 1. The summed E-state index contributed by atoms with van der Waals surface area (Å²) in [7, 11) is 0. The highest BCUT2D eigenvalue weighted by Gasteiger charge is 2.27. The van der Waals surface area contributed by atoms with E-state index < -0.39 is 11.6 Å². The number of benzene rings is 1. The van der Waals surface area contributed by atoms with E-state index in [1.54, 1.807) is 0 Å². The molecule has 1 saturated heterocycles. The Morgan fingerprint density at radius 2 is 1.94 bits per heavy atom. The van der Waals surface area contributed by atoms with Gasteiger partial charge < -0.3 is 4.90 Å². The van der Waals surface area contributed by atoms with Crippen LogP contribution in [0.1, 0.15) is 12.0 Å². The lowest BCUT2D eigenvalue weighted by atomic mass is 10.2. The molecule has 86 valence electrons. The summed E-state index contributed by atoms with van der Waals surface area (Å²) in [5.41, 5.74) is 0.441. The van der Waals surface area contributed by atoms with Crippen molar-refractivity contribution in [3.8, 4) is 0 Å². The molecule has 2 nitrogen and oxygen atoms in total. The molecule has 1 heterocycles. The Balaban J connectivity index is 2.12. The molecule has 0 spiro atoms. The average Bonchev–Trinajstić information content (AvgIpc) is 2.43. The topological polar surface area (TPSA) is 20.3 Å². The predicted octanol–water partition coefficient (Wildman–Crippen LogP) is 2.30. The number of alkyl halides is 1. The van der Waals surface area contributed by atoms with Gasteiger partial charge in [-0.15, -0.1) is 11.6 Å². The first kappa shape index (κ1) is 11.3. The van der Waals surface area contributed by atoms with Crippen molar-refractivity contribution in [2.45, 2.75) is 18.3 Å². The summed E-state index contributed by atoms with van der Waals surface area (Å²) in [5, 5.41) is -0.203. The highest BCUT2D eigenvalue weighted by molar-refractivity contribution is 6.22. The van der Waals surface area contributed by atoms with E-state index >= 15 is 0 Å². The summed E-state index contributed by atoms with van der Waals surface area (Å²) in [6.45, 7) is 0.634. The zero-order valence-electron chi connectivity index (χ0n) is 8.42. The lowest BCUT2D eigenvalue weighted by Gasteiger charge is -2.15. The van der Waals surface area contributed by atoms with Gasteiger partial charge in [-0.25, -0.2) is 8.78 Å². The van der Waals surface area contributed by atoms with Gasteiger partial charge in [0.05, 0.1) is 5.38 Å². The monoisotopic (exact) mass is 245 g/mol. The fourth-order valence-electron chi connectivity index (χ4n) is 1.80. The Morgan fingerprint density at radius 1 is 1.31 bits per heavy atom. The zero-order chi connectivity index (χ0) is 11.7. The Labute approximate surface area is 96.8 Å². The maximum Gasteiger partial charge on any atom is 0.224 e. The van der Waals surface area contributed by atoms with Gasteiger partial charge in [-0.05, 0) is 17.7 Å². The second kappa shape index (κ2) is 4.37. The third-order valence-electron chi connectivity index (χ3n) is 2.46. The summed E-state index contributed by atoms with van der Waals surface area (Å²) in [6, 6.07) is 3.25. The Hall–Kier alpha value is -1.16. The summed E-state index contributed by atoms with van der Waals surface area (Å²) in [4.78, 5) is 12.9. The van der Waals surface area contributed by atoms with E-state index in [0.29, 0.717) is 18.5 Å². The number of carbonyl (C=O) groups is 1. The second-order valence-corrected chi connectivity index (χ2v) is 4.47. The molecule has 1 aliphatic rings. The number of rotatable bonds is 2. The third-order valence-corrected chi connectivity index (χ3v) is 2.76. The maximum atomic E-state index is 12.9. The molecule has 0 aromatic heterocycles. The molecule has 1 fully saturated rings. The van der Waals surface area contributed by atoms with Gasteiger partial charge in [0.15, 0.2) is 0 Å². The first-order chi connectivity index (χ1) is 7.54. The van der Waals surface area contributed by atoms with Crippen molar-refractivity contribution >= 4 is 17.5 Å². The van der Waals surface area contributed by atoms with Crippen LogP contribution in [-0.4, -0.2) is 22.7 Å². The summed E-state index contributed by atoms with van der Waals surface area (Å²) < 4.78 is 25.8. The fraction of sp³-hybridized carbons (Fsp3) is 0.364. The van der Waals surface area contributed by atoms with Gasteiger partial charge in [-0.2, -0.15) is 0 Å². The van der Waals surface area contributed by atoms with E-state index in [1.807, 2.05) is 0 Å². The van der Waals surface area contributed by atoms with Gasteiger partial charge in [0.1, 0.15) is 11.6 Å². The number of hydrogen-bond donors (Lipinski definition) is 0. The van der Waals surface area contributed by atoms with E-state index in [4.69, 9.17) is 11.6 Å². The first-order valence-corrected chi connectivity index (χ1v) is 5.35. The molecule has 1 atom stereocenters. The number of likely N-dealkylation sites (tertiary alicyclic amines) is 1. The Morgan fingerprint density at radius 3 is 2.44 bits per heavy atom. The van der Waals surface area contributed by atoms with Crippen LogP contribution < -0.4 is 0 Å². The van der Waals surface area contributed by atoms with E-state index in [-0.39, 0.29) is 17.8 Å². The van der Waals surface area contributed by atoms with Crippen LogP contribution in [0.5, 0.6) is 0 Å². The molecule has 1 aromatic carbocycles. The van der Waals surface area contributed by atoms with Crippen LogP contribution in [0.3, 0.4) is 0 Å². The van der Waals surface area contributed by atoms with Gasteiger partial charge in [0.25, 0.3) is 0 Å². The van der Waals surface area contributed by atoms with Crippen molar-refractivity contribution in [2.24, 2.45) is 0 Å². The van der Waals surface area contributed by atoms with E-state index in [1.165, 1.54) is 17.0 Å². The van der Waals surface area contributed by atoms with E-state index in [2.05, 4.69) is 0 Å². The molecule has 2 rings (SSSR count). The molecule has 0 saturated carbocycles. The minimum atomic E-state index is -0.635. The highest BCUT2D eigenvalue weighted by Crippen LogP contribution is 2.19. The fourth-order valence-corrected chi connectivity index (χ4v) is 2.10. The molecule has 1 aromatic rings. The standard InChI is InChI=1S/C11H10ClF2NO/c12-8-3-11(16)15(6-8)5-7-1-9(13)4-10(14)2-7/h1-2,4,8H,3,5-6H2. The van der Waals surface area contributed by atoms with Gasteiger partial charge in [0.2, 0.25) is 5.91 Å². The van der Waals surface area contributed by atoms with E-state index in [0.717, 1.165) is 6.07 Å². The largest absolute Gasteiger partial charge is 0.337 e. The lowest BCUT2D eigenvalue weighted by Crippen LogP contribution is -2.24. The third kappa shape index (κ3) is 2.50. The van der Waals surface area contributed by atoms with Crippen molar-refractivity contribution in [2.75, 3.05) is 6.54 Å². The molecule has 0 radical (unpaired) electrons. The maximum absolute atomic E-state index is 12.9. The average molecular weight is 246 g/mol. The van der Waals surface area contributed by atoms with Gasteiger partial charge in [0, 0.05) is 25.6 Å². The van der Waals surface area contributed by atoms with E-state index in [9.17, 15) is 13.6 Å². The summed E-state index contributed by atoms with van der Waals surface area (Å²) >= 11 is 5.82. The van der Waals surface area contributed by atoms with Gasteiger partial charge in [-0.3, -0.25) is 4.79 Å². The van der Waals surface area contributed by atoms with Crippen LogP contribution in [0.2, 0.25) is 0 Å².